The van der Waals surface area contributed by atoms with Gasteiger partial charge in [0.1, 0.15) is 23.2 Å². The van der Waals surface area contributed by atoms with Crippen LogP contribution in [0.1, 0.15) is 49.4 Å². The maximum absolute atomic E-state index is 15.4. The van der Waals surface area contributed by atoms with Gasteiger partial charge < -0.3 is 23.7 Å². The molecule has 0 saturated heterocycles. The molecule has 2 heterocycles. The Morgan fingerprint density at radius 2 is 1.65 bits per heavy atom. The first-order valence-electron chi connectivity index (χ1n) is 15.3. The molecule has 0 radical (unpaired) electrons. The molecule has 0 bridgehead atoms. The average Bonchev–Trinajstić information content (AvgIpc) is 3.72. The fourth-order valence-corrected chi connectivity index (χ4v) is 4.67. The largest absolute Gasteiger partial charge is 0.464 e. The van der Waals surface area contributed by atoms with Gasteiger partial charge in [0.15, 0.2) is 5.76 Å². The number of hydrogen-bond donors (Lipinski definition) is 2. The van der Waals surface area contributed by atoms with Gasteiger partial charge in [-0.05, 0) is 88.7 Å². The number of ether oxygens (including phenoxy) is 2. The molecule has 2 amide bonds. The van der Waals surface area contributed by atoms with Crippen LogP contribution in [0.5, 0.6) is 0 Å². The van der Waals surface area contributed by atoms with Gasteiger partial charge in [0.25, 0.3) is 11.8 Å². The van der Waals surface area contributed by atoms with Crippen molar-refractivity contribution in [2.24, 2.45) is 0 Å². The molecule has 11 nitrogen and oxygen atoms in total. The van der Waals surface area contributed by atoms with Crippen LogP contribution in [0.3, 0.4) is 0 Å². The third kappa shape index (κ3) is 8.52. The summed E-state index contributed by atoms with van der Waals surface area (Å²) in [6.07, 6.45) is -0.635. The minimum atomic E-state index is -1.11. The predicted molar refractivity (Wildman–Crippen MR) is 175 cm³/mol. The zero-order chi connectivity index (χ0) is 34.4. The van der Waals surface area contributed by atoms with Crippen molar-refractivity contribution in [2.45, 2.75) is 52.7 Å². The number of aromatic nitrogens is 2. The summed E-state index contributed by atoms with van der Waals surface area (Å²) in [6.45, 7) is 9.03. The van der Waals surface area contributed by atoms with Gasteiger partial charge in [-0.15, -0.1) is 0 Å². The Kier molecular flexibility index (Phi) is 10.0. The normalized spacial score (nSPS) is 11.9. The Morgan fingerprint density at radius 1 is 0.938 bits per heavy atom. The summed E-state index contributed by atoms with van der Waals surface area (Å²) < 4.78 is 36.9. The zero-order valence-electron chi connectivity index (χ0n) is 27.1. The molecular weight excluding hydrogens is 619 g/mol. The Balaban J connectivity index is 1.26. The lowest BCUT2D eigenvalue weighted by molar-refractivity contribution is -0.145. The van der Waals surface area contributed by atoms with E-state index in [1.54, 1.807) is 64.1 Å². The molecule has 5 rings (SSSR count). The predicted octanol–water partition coefficient (Wildman–Crippen LogP) is 7.36. The molecule has 248 valence electrons. The number of carbonyl (C=O) groups is 3. The second kappa shape index (κ2) is 14.3. The Hall–Kier alpha value is -5.78. The molecule has 0 aliphatic carbocycles. The molecule has 12 heteroatoms. The topological polar surface area (TPSA) is 146 Å². The third-order valence-electron chi connectivity index (χ3n) is 6.96. The molecule has 2 aromatic heterocycles. The summed E-state index contributed by atoms with van der Waals surface area (Å²) in [5.74, 6) is -1.26. The van der Waals surface area contributed by atoms with E-state index < -0.39 is 35.4 Å². The van der Waals surface area contributed by atoms with Crippen LogP contribution in [0.15, 0.2) is 87.8 Å². The number of rotatable bonds is 10. The monoisotopic (exact) mass is 654 g/mol. The van der Waals surface area contributed by atoms with Gasteiger partial charge in [0, 0.05) is 23.2 Å². The first kappa shape index (κ1) is 33.6. The van der Waals surface area contributed by atoms with Crippen molar-refractivity contribution in [3.63, 3.8) is 0 Å². The highest BCUT2D eigenvalue weighted by atomic mass is 19.1. The number of esters is 1. The van der Waals surface area contributed by atoms with Crippen molar-refractivity contribution in [1.29, 1.82) is 0 Å². The highest BCUT2D eigenvalue weighted by Gasteiger charge is 2.26. The first-order valence-corrected chi connectivity index (χ1v) is 15.3. The summed E-state index contributed by atoms with van der Waals surface area (Å²) in [6, 6.07) is 20.7. The number of anilines is 1. The van der Waals surface area contributed by atoms with E-state index in [1.165, 1.54) is 18.2 Å². The fourth-order valence-electron chi connectivity index (χ4n) is 4.67. The number of nitrogens with one attached hydrogen (secondary N) is 2. The standard InChI is InChI=1S/C36H35FN4O7/c1-6-45-34(43)28(39-32(42)30-18-17-29(46-30)23-10-7-21(2)8-11-23)20-22-9-16-26(27(37)19-22)31-40-33(48-41-31)24-12-14-25(15-13-24)38-35(44)47-36(3,4)5/h7-19,28H,6,20H2,1-5H3,(H,38,44)(H,39,42). The quantitative estimate of drug-likeness (QED) is 0.147. The average molecular weight is 655 g/mol. The van der Waals surface area contributed by atoms with Crippen molar-refractivity contribution >= 4 is 23.7 Å². The van der Waals surface area contributed by atoms with Crippen LogP contribution in [0, 0.1) is 12.7 Å². The van der Waals surface area contributed by atoms with Crippen molar-refractivity contribution in [3.8, 4) is 34.2 Å². The van der Waals surface area contributed by atoms with Crippen molar-refractivity contribution in [1.82, 2.24) is 15.5 Å². The van der Waals surface area contributed by atoms with Crippen molar-refractivity contribution < 1.29 is 37.2 Å². The summed E-state index contributed by atoms with van der Waals surface area (Å²) >= 11 is 0. The van der Waals surface area contributed by atoms with E-state index in [-0.39, 0.29) is 36.1 Å². The van der Waals surface area contributed by atoms with Gasteiger partial charge >= 0.3 is 12.1 Å². The van der Waals surface area contributed by atoms with E-state index in [2.05, 4.69) is 20.8 Å². The lowest BCUT2D eigenvalue weighted by Gasteiger charge is -2.19. The van der Waals surface area contributed by atoms with Gasteiger partial charge in [-0.25, -0.2) is 14.0 Å². The van der Waals surface area contributed by atoms with Crippen LogP contribution >= 0.6 is 0 Å². The molecule has 0 fully saturated rings. The third-order valence-corrected chi connectivity index (χ3v) is 6.96. The molecule has 0 aliphatic rings. The van der Waals surface area contributed by atoms with E-state index >= 15 is 4.39 Å². The van der Waals surface area contributed by atoms with E-state index in [1.807, 2.05) is 31.2 Å². The smallest absolute Gasteiger partial charge is 0.412 e. The molecule has 2 N–H and O–H groups in total. The van der Waals surface area contributed by atoms with Crippen LogP contribution in [-0.4, -0.2) is 46.4 Å². The van der Waals surface area contributed by atoms with E-state index in [0.29, 0.717) is 22.6 Å². The second-order valence-electron chi connectivity index (χ2n) is 12.0. The van der Waals surface area contributed by atoms with Gasteiger partial charge in [-0.2, -0.15) is 4.98 Å². The molecule has 48 heavy (non-hydrogen) atoms. The number of carbonyl (C=O) groups excluding carboxylic acids is 3. The van der Waals surface area contributed by atoms with Gasteiger partial charge in [0.2, 0.25) is 5.82 Å². The summed E-state index contributed by atoms with van der Waals surface area (Å²) in [4.78, 5) is 42.2. The Morgan fingerprint density at radius 3 is 2.31 bits per heavy atom. The minimum absolute atomic E-state index is 0.0162. The number of benzene rings is 3. The molecular formula is C36H35FN4O7. The van der Waals surface area contributed by atoms with Crippen LogP contribution < -0.4 is 10.6 Å². The van der Waals surface area contributed by atoms with E-state index in [0.717, 1.165) is 11.1 Å². The van der Waals surface area contributed by atoms with Gasteiger partial charge in [-0.3, -0.25) is 10.1 Å². The molecule has 1 atom stereocenters. The molecule has 0 saturated carbocycles. The fraction of sp³-hybridized carbons (Fsp3) is 0.250. The maximum Gasteiger partial charge on any atom is 0.412 e. The molecule has 3 aromatic carbocycles. The maximum atomic E-state index is 15.4. The summed E-state index contributed by atoms with van der Waals surface area (Å²) in [5, 5.41) is 9.21. The number of furan rings is 1. The zero-order valence-corrected chi connectivity index (χ0v) is 27.1. The highest BCUT2D eigenvalue weighted by Crippen LogP contribution is 2.27. The Bertz CT molecular complexity index is 1910. The van der Waals surface area contributed by atoms with Crippen LogP contribution in [-0.2, 0) is 20.7 Å². The number of amides is 2. The van der Waals surface area contributed by atoms with Crippen LogP contribution in [0.4, 0.5) is 14.9 Å². The lowest BCUT2D eigenvalue weighted by Crippen LogP contribution is -2.43. The van der Waals surface area contributed by atoms with Crippen molar-refractivity contribution in [2.75, 3.05) is 11.9 Å². The number of hydrogen-bond acceptors (Lipinski definition) is 9. The van der Waals surface area contributed by atoms with E-state index in [4.69, 9.17) is 18.4 Å². The van der Waals surface area contributed by atoms with Crippen LogP contribution in [0.2, 0.25) is 0 Å². The SMILES string of the molecule is CCOC(=O)C(Cc1ccc(-c2noc(-c3ccc(NC(=O)OC(C)(C)C)cc3)n2)c(F)c1)NC(=O)c1ccc(-c2ccc(C)cc2)o1. The minimum Gasteiger partial charge on any atom is -0.464 e. The second-order valence-corrected chi connectivity index (χ2v) is 12.0. The van der Waals surface area contributed by atoms with Gasteiger partial charge in [-0.1, -0.05) is 41.1 Å². The van der Waals surface area contributed by atoms with E-state index in [9.17, 15) is 14.4 Å². The molecule has 5 aromatic rings. The van der Waals surface area contributed by atoms with Gasteiger partial charge in [0.05, 0.1) is 12.2 Å². The first-order chi connectivity index (χ1) is 22.9. The Labute approximate surface area is 276 Å². The molecule has 0 aliphatic heterocycles. The molecule has 1 unspecified atom stereocenters. The lowest BCUT2D eigenvalue weighted by atomic mass is 10.0. The number of aryl methyl sites for hydroxylation is 1. The van der Waals surface area contributed by atoms with Crippen LogP contribution in [0.25, 0.3) is 34.2 Å². The number of nitrogens with zero attached hydrogens (tertiary/aromatic N) is 2. The molecule has 0 spiro atoms. The van der Waals surface area contributed by atoms with Crippen molar-refractivity contribution in [3.05, 3.63) is 102 Å². The highest BCUT2D eigenvalue weighted by molar-refractivity contribution is 5.95. The summed E-state index contributed by atoms with van der Waals surface area (Å²) in [5.41, 5.74) is 2.81. The summed E-state index contributed by atoms with van der Waals surface area (Å²) in [7, 11) is 0. The number of halogens is 1.